The highest BCUT2D eigenvalue weighted by Crippen LogP contribution is 2.25. The van der Waals surface area contributed by atoms with Crippen molar-refractivity contribution in [3.8, 4) is 5.75 Å². The second-order valence-electron chi connectivity index (χ2n) is 5.24. The molecule has 118 valence electrons. The van der Waals surface area contributed by atoms with E-state index in [1.165, 1.54) is 0 Å². The van der Waals surface area contributed by atoms with Crippen molar-refractivity contribution < 1.29 is 14.4 Å². The van der Waals surface area contributed by atoms with Crippen LogP contribution in [0.2, 0.25) is 0 Å². The number of nitrogens with one attached hydrogen (secondary N) is 1. The van der Waals surface area contributed by atoms with Crippen molar-refractivity contribution in [1.82, 2.24) is 4.98 Å². The number of aryl methyl sites for hydroxylation is 1. The quantitative estimate of drug-likeness (QED) is 0.941. The Kier molecular flexibility index (Phi) is 4.23. The van der Waals surface area contributed by atoms with Gasteiger partial charge in [0.2, 0.25) is 6.10 Å². The van der Waals surface area contributed by atoms with Gasteiger partial charge in [-0.15, -0.1) is 0 Å². The second-order valence-corrected chi connectivity index (χ2v) is 5.24. The smallest absolute Gasteiger partial charge is 0.269 e. The molecule has 1 aliphatic rings. The lowest BCUT2D eigenvalue weighted by atomic mass is 10.0. The first-order valence-electron chi connectivity index (χ1n) is 7.27. The molecule has 0 saturated heterocycles. The van der Waals surface area contributed by atoms with Gasteiger partial charge in [-0.25, -0.2) is 4.98 Å². The Bertz CT molecular complexity index is 758. The molecule has 0 fully saturated rings. The van der Waals surface area contributed by atoms with Crippen LogP contribution in [-0.4, -0.2) is 29.8 Å². The minimum Gasteiger partial charge on any atom is -0.496 e. The number of amides is 1. The van der Waals surface area contributed by atoms with E-state index in [1.807, 2.05) is 37.3 Å². The number of benzene rings is 1. The Hall–Kier alpha value is -2.89. The molecule has 1 aromatic heterocycles. The molecule has 6 nitrogen and oxygen atoms in total. The Morgan fingerprint density at radius 1 is 1.35 bits per heavy atom. The van der Waals surface area contributed by atoms with Gasteiger partial charge in [0.25, 0.3) is 5.91 Å². The molecule has 0 radical (unpaired) electrons. The molecule has 0 saturated carbocycles. The van der Waals surface area contributed by atoms with Crippen LogP contribution in [0.1, 0.15) is 17.5 Å². The molecule has 1 aliphatic heterocycles. The van der Waals surface area contributed by atoms with Crippen molar-refractivity contribution in [1.29, 1.82) is 0 Å². The first-order valence-corrected chi connectivity index (χ1v) is 7.27. The SMILES string of the molecule is COc1ccccc1C1=NOC(C(=O)Nc2cc(C)ccn2)C1. The topological polar surface area (TPSA) is 72.8 Å². The van der Waals surface area contributed by atoms with Gasteiger partial charge in [-0.2, -0.15) is 0 Å². The van der Waals surface area contributed by atoms with Gasteiger partial charge in [-0.3, -0.25) is 4.79 Å². The average molecular weight is 311 g/mol. The van der Waals surface area contributed by atoms with E-state index in [0.717, 1.165) is 11.1 Å². The fraction of sp³-hybridized carbons (Fsp3) is 0.235. The molecule has 0 bridgehead atoms. The van der Waals surface area contributed by atoms with Crippen LogP contribution in [0.3, 0.4) is 0 Å². The van der Waals surface area contributed by atoms with E-state index in [1.54, 1.807) is 19.4 Å². The van der Waals surface area contributed by atoms with Crippen LogP contribution in [0.25, 0.3) is 0 Å². The van der Waals surface area contributed by atoms with Crippen LogP contribution >= 0.6 is 0 Å². The minimum absolute atomic E-state index is 0.267. The first-order chi connectivity index (χ1) is 11.2. The lowest BCUT2D eigenvalue weighted by Gasteiger charge is -2.09. The second kappa shape index (κ2) is 6.48. The van der Waals surface area contributed by atoms with Crippen LogP contribution in [0.4, 0.5) is 5.82 Å². The van der Waals surface area contributed by atoms with Gasteiger partial charge >= 0.3 is 0 Å². The third-order valence-electron chi connectivity index (χ3n) is 3.55. The number of carbonyl (C=O) groups excluding carboxylic acids is 1. The van der Waals surface area contributed by atoms with E-state index in [4.69, 9.17) is 9.57 Å². The number of anilines is 1. The number of para-hydroxylation sites is 1. The maximum Gasteiger partial charge on any atom is 0.269 e. The van der Waals surface area contributed by atoms with Gasteiger partial charge in [0, 0.05) is 18.2 Å². The first kappa shape index (κ1) is 15.0. The van der Waals surface area contributed by atoms with Crippen molar-refractivity contribution in [3.05, 3.63) is 53.7 Å². The summed E-state index contributed by atoms with van der Waals surface area (Å²) in [4.78, 5) is 21.7. The number of ether oxygens (including phenoxy) is 1. The van der Waals surface area contributed by atoms with E-state index < -0.39 is 6.10 Å². The zero-order valence-electron chi connectivity index (χ0n) is 12.9. The molecule has 2 heterocycles. The number of nitrogens with zero attached hydrogens (tertiary/aromatic N) is 2. The standard InChI is InChI=1S/C17H17N3O3/c1-11-7-8-18-16(9-11)19-17(21)15-10-13(20-23-15)12-5-3-4-6-14(12)22-2/h3-9,15H,10H2,1-2H3,(H,18,19,21). The third-order valence-corrected chi connectivity index (χ3v) is 3.55. The summed E-state index contributed by atoms with van der Waals surface area (Å²) in [6.45, 7) is 1.94. The molecule has 0 spiro atoms. The summed E-state index contributed by atoms with van der Waals surface area (Å²) >= 11 is 0. The molecule has 3 rings (SSSR count). The molecule has 23 heavy (non-hydrogen) atoms. The highest BCUT2D eigenvalue weighted by molar-refractivity contribution is 6.07. The maximum atomic E-state index is 12.3. The van der Waals surface area contributed by atoms with Crippen LogP contribution < -0.4 is 10.1 Å². The summed E-state index contributed by atoms with van der Waals surface area (Å²) in [6.07, 6.45) is 1.37. The molecule has 1 amide bonds. The Morgan fingerprint density at radius 3 is 2.96 bits per heavy atom. The van der Waals surface area contributed by atoms with Gasteiger partial charge in [-0.05, 0) is 36.8 Å². The van der Waals surface area contributed by atoms with E-state index in [9.17, 15) is 4.79 Å². The molecular formula is C17H17N3O3. The van der Waals surface area contributed by atoms with Crippen molar-refractivity contribution in [2.75, 3.05) is 12.4 Å². The van der Waals surface area contributed by atoms with Crippen LogP contribution in [0.15, 0.2) is 47.8 Å². The molecule has 1 N–H and O–H groups in total. The largest absolute Gasteiger partial charge is 0.496 e. The van der Waals surface area contributed by atoms with Crippen LogP contribution in [0, 0.1) is 6.92 Å². The maximum absolute atomic E-state index is 12.3. The van der Waals surface area contributed by atoms with Crippen molar-refractivity contribution in [2.45, 2.75) is 19.4 Å². The normalized spacial score (nSPS) is 16.4. The Morgan fingerprint density at radius 2 is 2.17 bits per heavy atom. The zero-order chi connectivity index (χ0) is 16.2. The third kappa shape index (κ3) is 3.31. The highest BCUT2D eigenvalue weighted by Gasteiger charge is 2.30. The number of hydrogen-bond donors (Lipinski definition) is 1. The summed E-state index contributed by atoms with van der Waals surface area (Å²) < 4.78 is 5.32. The molecule has 1 aromatic carbocycles. The van der Waals surface area contributed by atoms with Gasteiger partial charge in [0.15, 0.2) is 0 Å². The molecule has 0 aliphatic carbocycles. The molecule has 1 unspecified atom stereocenters. The predicted molar refractivity (Wildman–Crippen MR) is 86.6 cm³/mol. The fourth-order valence-electron chi connectivity index (χ4n) is 2.37. The summed E-state index contributed by atoms with van der Waals surface area (Å²) in [7, 11) is 1.60. The number of carbonyl (C=O) groups is 1. The molecule has 6 heteroatoms. The van der Waals surface area contributed by atoms with Crippen molar-refractivity contribution >= 4 is 17.4 Å². The highest BCUT2D eigenvalue weighted by atomic mass is 16.6. The number of hydrogen-bond acceptors (Lipinski definition) is 5. The summed E-state index contributed by atoms with van der Waals surface area (Å²) in [5.41, 5.74) is 2.55. The lowest BCUT2D eigenvalue weighted by molar-refractivity contribution is -0.125. The van der Waals surface area contributed by atoms with E-state index in [0.29, 0.717) is 23.7 Å². The number of oxime groups is 1. The van der Waals surface area contributed by atoms with Gasteiger partial charge in [-0.1, -0.05) is 17.3 Å². The van der Waals surface area contributed by atoms with Crippen molar-refractivity contribution in [2.24, 2.45) is 5.16 Å². The average Bonchev–Trinajstić information content (AvgIpc) is 3.05. The minimum atomic E-state index is -0.669. The lowest BCUT2D eigenvalue weighted by Crippen LogP contribution is -2.28. The predicted octanol–water partition coefficient (Wildman–Crippen LogP) is 2.53. The van der Waals surface area contributed by atoms with Gasteiger partial charge in [0.05, 0.1) is 12.8 Å². The van der Waals surface area contributed by atoms with Gasteiger partial charge < -0.3 is 14.9 Å². The molecule has 2 aromatic rings. The number of rotatable bonds is 4. The summed E-state index contributed by atoms with van der Waals surface area (Å²) in [5, 5.41) is 6.78. The monoisotopic (exact) mass is 311 g/mol. The Labute approximate surface area is 134 Å². The van der Waals surface area contributed by atoms with Crippen LogP contribution in [0.5, 0.6) is 5.75 Å². The van der Waals surface area contributed by atoms with E-state index in [2.05, 4.69) is 15.5 Å². The Balaban J connectivity index is 1.68. The molecular weight excluding hydrogens is 294 g/mol. The summed E-state index contributed by atoms with van der Waals surface area (Å²) in [6, 6.07) is 11.2. The van der Waals surface area contributed by atoms with E-state index >= 15 is 0 Å². The van der Waals surface area contributed by atoms with Crippen LogP contribution in [-0.2, 0) is 9.63 Å². The van der Waals surface area contributed by atoms with E-state index in [-0.39, 0.29) is 5.91 Å². The van der Waals surface area contributed by atoms with Gasteiger partial charge in [0.1, 0.15) is 11.6 Å². The zero-order valence-corrected chi connectivity index (χ0v) is 12.9. The molecule has 1 atom stereocenters. The number of methoxy groups -OCH3 is 1. The number of pyridine rings is 1. The van der Waals surface area contributed by atoms with Crippen molar-refractivity contribution in [3.63, 3.8) is 0 Å². The summed E-state index contributed by atoms with van der Waals surface area (Å²) in [5.74, 6) is 0.942. The fourth-order valence-corrected chi connectivity index (χ4v) is 2.37. The number of aromatic nitrogens is 1.